The summed E-state index contributed by atoms with van der Waals surface area (Å²) in [5, 5.41) is 8.98. The Morgan fingerprint density at radius 1 is 1.18 bits per heavy atom. The minimum atomic E-state index is -3.15. The van der Waals surface area contributed by atoms with E-state index in [-0.39, 0.29) is 17.3 Å². The molecule has 1 saturated heterocycles. The molecular formula is C26H31F2N7O2S. The molecule has 0 spiro atoms. The molecule has 0 radical (unpaired) electrons. The fourth-order valence-corrected chi connectivity index (χ4v) is 5.10. The maximum atomic E-state index is 13.6. The molecule has 0 aliphatic carbocycles. The highest BCUT2D eigenvalue weighted by Crippen LogP contribution is 2.30. The third kappa shape index (κ3) is 7.07. The van der Waals surface area contributed by atoms with Crippen molar-refractivity contribution in [3.05, 3.63) is 59.2 Å². The molecule has 1 fully saturated rings. The molecule has 202 valence electrons. The van der Waals surface area contributed by atoms with E-state index in [1.807, 2.05) is 0 Å². The van der Waals surface area contributed by atoms with Crippen LogP contribution in [0.1, 0.15) is 58.8 Å². The van der Waals surface area contributed by atoms with Crippen LogP contribution < -0.4 is 16.0 Å². The predicted molar refractivity (Wildman–Crippen MR) is 143 cm³/mol. The summed E-state index contributed by atoms with van der Waals surface area (Å²) in [6.45, 7) is 8.20. The molecule has 3 heterocycles. The minimum Gasteiger partial charge on any atom is -0.351 e. The van der Waals surface area contributed by atoms with Gasteiger partial charge in [-0.3, -0.25) is 14.6 Å². The summed E-state index contributed by atoms with van der Waals surface area (Å²) in [4.78, 5) is 35.6. The number of likely N-dealkylation sites (tertiary alicyclic amines) is 1. The average Bonchev–Trinajstić information content (AvgIpc) is 3.24. The third-order valence-electron chi connectivity index (χ3n) is 6.28. The van der Waals surface area contributed by atoms with Gasteiger partial charge >= 0.3 is 0 Å². The van der Waals surface area contributed by atoms with Gasteiger partial charge in [0.15, 0.2) is 0 Å². The molecule has 4 rings (SSSR count). The number of anilines is 3. The zero-order chi connectivity index (χ0) is 27.3. The number of halogens is 2. The Bertz CT molecular complexity index is 1280. The molecule has 1 unspecified atom stereocenters. The van der Waals surface area contributed by atoms with E-state index in [2.05, 4.69) is 42.1 Å². The first-order chi connectivity index (χ1) is 18.1. The summed E-state index contributed by atoms with van der Waals surface area (Å²) < 4.78 is 31.5. The lowest BCUT2D eigenvalue weighted by Gasteiger charge is -2.30. The standard InChI is InChI=1S/C26H31F2N7O2S/c1-16-5-4-11-35(15-16)12-10-30-23(36)18-6-8-19(9-7-18)31-24(37)22-17(2)34-38-25(22)33-21-14-29-13-20(32-21)26(3,27)28/h6-9,13-14,16H,4-5,10-12,15H2,1-3H3,(H,30,36)(H,31,37)(H,32,33). The van der Waals surface area contributed by atoms with Crippen molar-refractivity contribution >= 4 is 39.9 Å². The summed E-state index contributed by atoms with van der Waals surface area (Å²) in [6, 6.07) is 6.61. The topological polar surface area (TPSA) is 112 Å². The van der Waals surface area contributed by atoms with Gasteiger partial charge < -0.3 is 20.9 Å². The number of hydrogen-bond acceptors (Lipinski definition) is 8. The number of carbonyl (C=O) groups is 2. The quantitative estimate of drug-likeness (QED) is 0.355. The van der Waals surface area contributed by atoms with E-state index in [4.69, 9.17) is 0 Å². The highest BCUT2D eigenvalue weighted by molar-refractivity contribution is 7.10. The van der Waals surface area contributed by atoms with Crippen LogP contribution in [0.4, 0.5) is 25.3 Å². The molecule has 2 amide bonds. The number of aryl methyl sites for hydroxylation is 1. The van der Waals surface area contributed by atoms with Crippen LogP contribution in [-0.2, 0) is 5.92 Å². The van der Waals surface area contributed by atoms with E-state index in [1.54, 1.807) is 31.2 Å². The van der Waals surface area contributed by atoms with Crippen LogP contribution in [-0.4, -0.2) is 57.2 Å². The smallest absolute Gasteiger partial charge is 0.288 e. The number of amides is 2. The van der Waals surface area contributed by atoms with Gasteiger partial charge in [0.05, 0.1) is 23.7 Å². The second-order valence-electron chi connectivity index (χ2n) is 9.61. The minimum absolute atomic E-state index is 0.0758. The Morgan fingerprint density at radius 3 is 2.66 bits per heavy atom. The van der Waals surface area contributed by atoms with Crippen LogP contribution in [0.3, 0.4) is 0 Å². The molecule has 38 heavy (non-hydrogen) atoms. The number of piperidine rings is 1. The second kappa shape index (κ2) is 11.9. The van der Waals surface area contributed by atoms with Gasteiger partial charge in [0.2, 0.25) is 0 Å². The SMILES string of the molecule is Cc1nsc(Nc2cncc(C(C)(F)F)n2)c1C(=O)Nc1ccc(C(=O)NCCN2CCCC(C)C2)cc1. The molecule has 1 atom stereocenters. The largest absolute Gasteiger partial charge is 0.351 e. The van der Waals surface area contributed by atoms with E-state index >= 15 is 0 Å². The molecule has 9 nitrogen and oxygen atoms in total. The van der Waals surface area contributed by atoms with Gasteiger partial charge in [0, 0.05) is 37.8 Å². The van der Waals surface area contributed by atoms with E-state index in [1.165, 1.54) is 19.0 Å². The molecule has 0 saturated carbocycles. The second-order valence-corrected chi connectivity index (χ2v) is 10.4. The third-order valence-corrected chi connectivity index (χ3v) is 7.13. The predicted octanol–water partition coefficient (Wildman–Crippen LogP) is 4.81. The zero-order valence-corrected chi connectivity index (χ0v) is 22.4. The zero-order valence-electron chi connectivity index (χ0n) is 21.6. The van der Waals surface area contributed by atoms with Crippen molar-refractivity contribution in [3.8, 4) is 0 Å². The van der Waals surface area contributed by atoms with Crippen LogP contribution in [0.5, 0.6) is 0 Å². The van der Waals surface area contributed by atoms with Crippen molar-refractivity contribution in [1.82, 2.24) is 24.6 Å². The molecular weight excluding hydrogens is 512 g/mol. The summed E-state index contributed by atoms with van der Waals surface area (Å²) in [5.41, 5.74) is 1.24. The van der Waals surface area contributed by atoms with Crippen molar-refractivity contribution in [1.29, 1.82) is 0 Å². The van der Waals surface area contributed by atoms with E-state index in [0.29, 0.717) is 34.4 Å². The van der Waals surface area contributed by atoms with Gasteiger partial charge in [-0.1, -0.05) is 6.92 Å². The number of nitrogens with one attached hydrogen (secondary N) is 3. The molecule has 3 aromatic rings. The first-order valence-electron chi connectivity index (χ1n) is 12.5. The maximum Gasteiger partial charge on any atom is 0.288 e. The van der Waals surface area contributed by atoms with E-state index in [9.17, 15) is 18.4 Å². The Morgan fingerprint density at radius 2 is 1.95 bits per heavy atom. The number of alkyl halides is 2. The van der Waals surface area contributed by atoms with Gasteiger partial charge in [0.25, 0.3) is 17.7 Å². The van der Waals surface area contributed by atoms with Crippen molar-refractivity contribution in [2.45, 2.75) is 39.5 Å². The lowest BCUT2D eigenvalue weighted by molar-refractivity contribution is 0.0125. The van der Waals surface area contributed by atoms with Crippen LogP contribution in [0.25, 0.3) is 0 Å². The molecule has 0 bridgehead atoms. The number of carbonyl (C=O) groups excluding carboxylic acids is 2. The van der Waals surface area contributed by atoms with Gasteiger partial charge in [-0.2, -0.15) is 13.2 Å². The highest BCUT2D eigenvalue weighted by Gasteiger charge is 2.27. The number of rotatable bonds is 9. The average molecular weight is 544 g/mol. The summed E-state index contributed by atoms with van der Waals surface area (Å²) in [6.07, 6.45) is 4.74. The summed E-state index contributed by atoms with van der Waals surface area (Å²) in [5.74, 6) is -2.98. The Labute approximate surface area is 224 Å². The number of hydrogen-bond donors (Lipinski definition) is 3. The van der Waals surface area contributed by atoms with Gasteiger partial charge in [-0.05, 0) is 68.0 Å². The Balaban J connectivity index is 1.35. The lowest BCUT2D eigenvalue weighted by atomic mass is 10.0. The first-order valence-corrected chi connectivity index (χ1v) is 13.2. The normalized spacial score (nSPS) is 16.2. The van der Waals surface area contributed by atoms with Gasteiger partial charge in [-0.15, -0.1) is 0 Å². The van der Waals surface area contributed by atoms with Crippen LogP contribution in [0.2, 0.25) is 0 Å². The summed E-state index contributed by atoms with van der Waals surface area (Å²) >= 11 is 1.01. The van der Waals surface area contributed by atoms with Crippen LogP contribution in [0, 0.1) is 12.8 Å². The summed E-state index contributed by atoms with van der Waals surface area (Å²) in [7, 11) is 0. The number of nitrogens with zero attached hydrogens (tertiary/aromatic N) is 4. The Kier molecular flexibility index (Phi) is 8.62. The molecule has 2 aromatic heterocycles. The fraction of sp³-hybridized carbons (Fsp3) is 0.423. The maximum absolute atomic E-state index is 13.6. The first kappa shape index (κ1) is 27.5. The Hall–Kier alpha value is -3.51. The van der Waals surface area contributed by atoms with Crippen LogP contribution in [0.15, 0.2) is 36.7 Å². The van der Waals surface area contributed by atoms with Gasteiger partial charge in [0.1, 0.15) is 16.5 Å². The fourth-order valence-electron chi connectivity index (χ4n) is 4.29. The van der Waals surface area contributed by atoms with Crippen molar-refractivity contribution in [2.24, 2.45) is 5.92 Å². The van der Waals surface area contributed by atoms with Crippen molar-refractivity contribution in [2.75, 3.05) is 36.8 Å². The van der Waals surface area contributed by atoms with Crippen molar-refractivity contribution < 1.29 is 18.4 Å². The van der Waals surface area contributed by atoms with Crippen LogP contribution >= 0.6 is 11.5 Å². The van der Waals surface area contributed by atoms with Crippen molar-refractivity contribution in [3.63, 3.8) is 0 Å². The number of benzene rings is 1. The molecule has 1 aromatic carbocycles. The molecule has 12 heteroatoms. The lowest BCUT2D eigenvalue weighted by Crippen LogP contribution is -2.40. The monoisotopic (exact) mass is 543 g/mol. The molecule has 3 N–H and O–H groups in total. The van der Waals surface area contributed by atoms with E-state index in [0.717, 1.165) is 44.3 Å². The van der Waals surface area contributed by atoms with Gasteiger partial charge in [-0.25, -0.2) is 4.98 Å². The highest BCUT2D eigenvalue weighted by atomic mass is 32.1. The number of aromatic nitrogens is 3. The van der Waals surface area contributed by atoms with E-state index < -0.39 is 17.5 Å². The molecule has 1 aliphatic rings. The molecule has 1 aliphatic heterocycles.